The van der Waals surface area contributed by atoms with Crippen molar-refractivity contribution in [3.63, 3.8) is 0 Å². The van der Waals surface area contributed by atoms with E-state index in [0.717, 1.165) is 5.69 Å². The molecule has 0 bridgehead atoms. The number of nitrogens with one attached hydrogen (secondary N) is 2. The van der Waals surface area contributed by atoms with Gasteiger partial charge in [0.1, 0.15) is 17.6 Å². The Kier molecular flexibility index (Phi) is 4.17. The lowest BCUT2D eigenvalue weighted by atomic mass is 10.1. The van der Waals surface area contributed by atoms with Crippen LogP contribution in [0.3, 0.4) is 0 Å². The Morgan fingerprint density at radius 2 is 1.90 bits per heavy atom. The van der Waals surface area contributed by atoms with E-state index in [-0.39, 0.29) is 22.7 Å². The third-order valence-electron chi connectivity index (χ3n) is 5.09. The van der Waals surface area contributed by atoms with Gasteiger partial charge in [0.15, 0.2) is 11.5 Å². The second kappa shape index (κ2) is 7.00. The van der Waals surface area contributed by atoms with E-state index in [1.807, 2.05) is 49.4 Å². The van der Waals surface area contributed by atoms with Gasteiger partial charge in [0.2, 0.25) is 0 Å². The molecule has 0 aliphatic heterocycles. The Hall–Kier alpha value is -4.20. The first-order valence-electron chi connectivity index (χ1n) is 9.47. The molecule has 0 radical (unpaired) electrons. The molecule has 148 valence electrons. The lowest BCUT2D eigenvalue weighted by molar-refractivity contribution is 0.481. The fraction of sp³-hybridized carbons (Fsp3) is 0.0909. The van der Waals surface area contributed by atoms with Gasteiger partial charge in [-0.3, -0.25) is 9.36 Å². The number of phenolic OH excluding ortho intramolecular Hbond substituents is 1. The van der Waals surface area contributed by atoms with E-state index in [4.69, 9.17) is 0 Å². The summed E-state index contributed by atoms with van der Waals surface area (Å²) in [6.07, 6.45) is 3.01. The minimum absolute atomic E-state index is 0.0377. The summed E-state index contributed by atoms with van der Waals surface area (Å²) in [4.78, 5) is 29.1. The third-order valence-corrected chi connectivity index (χ3v) is 5.09. The molecule has 30 heavy (non-hydrogen) atoms. The van der Waals surface area contributed by atoms with Crippen LogP contribution < -0.4 is 10.9 Å². The molecule has 0 fully saturated rings. The van der Waals surface area contributed by atoms with Gasteiger partial charge in [-0.25, -0.2) is 15.0 Å². The number of H-pyrrole nitrogens is 1. The monoisotopic (exact) mass is 398 g/mol. The molecule has 3 N–H and O–H groups in total. The molecule has 8 nitrogen and oxygen atoms in total. The summed E-state index contributed by atoms with van der Waals surface area (Å²) in [5.41, 5.74) is 2.41. The van der Waals surface area contributed by atoms with Gasteiger partial charge in [0.25, 0.3) is 5.56 Å². The van der Waals surface area contributed by atoms with Crippen LogP contribution in [0.5, 0.6) is 5.75 Å². The number of anilines is 1. The van der Waals surface area contributed by atoms with E-state index >= 15 is 0 Å². The number of hydrogen-bond acceptors (Lipinski definition) is 6. The third kappa shape index (κ3) is 2.86. The maximum atomic E-state index is 13.4. The van der Waals surface area contributed by atoms with Crippen molar-refractivity contribution >= 4 is 27.8 Å². The second-order valence-electron chi connectivity index (χ2n) is 6.98. The number of aromatic hydroxyl groups is 1. The normalized spacial score (nSPS) is 12.3. The predicted molar refractivity (Wildman–Crippen MR) is 115 cm³/mol. The highest BCUT2D eigenvalue weighted by Crippen LogP contribution is 2.28. The molecule has 0 amide bonds. The summed E-state index contributed by atoms with van der Waals surface area (Å²) in [6.45, 7) is 1.95. The predicted octanol–water partition coefficient (Wildman–Crippen LogP) is 3.54. The zero-order valence-corrected chi connectivity index (χ0v) is 16.1. The van der Waals surface area contributed by atoms with Crippen LogP contribution in [0.4, 0.5) is 5.82 Å². The Morgan fingerprint density at radius 1 is 1.07 bits per heavy atom. The van der Waals surface area contributed by atoms with Crippen LogP contribution >= 0.6 is 0 Å². The number of nitrogens with zero attached hydrogens (tertiary/aromatic N) is 4. The van der Waals surface area contributed by atoms with Gasteiger partial charge in [0.05, 0.1) is 17.8 Å². The highest BCUT2D eigenvalue weighted by molar-refractivity contribution is 5.88. The Bertz CT molecular complexity index is 1420. The van der Waals surface area contributed by atoms with Crippen LogP contribution in [-0.4, -0.2) is 29.6 Å². The minimum atomic E-state index is -0.286. The fourth-order valence-corrected chi connectivity index (χ4v) is 3.68. The van der Waals surface area contributed by atoms with Gasteiger partial charge in [-0.1, -0.05) is 30.3 Å². The van der Waals surface area contributed by atoms with Crippen molar-refractivity contribution in [1.29, 1.82) is 0 Å². The average molecular weight is 398 g/mol. The molecule has 5 aromatic rings. The SMILES string of the molecule is C[C@H](Nc1ncnc2nc[nH]c12)c1cc2cccc(O)c2c(=O)n1-c1ccccc1. The Balaban J connectivity index is 1.71. The molecule has 0 aliphatic rings. The van der Waals surface area contributed by atoms with Crippen LogP contribution in [-0.2, 0) is 0 Å². The van der Waals surface area contributed by atoms with Crippen LogP contribution in [0.25, 0.3) is 27.6 Å². The molecule has 0 saturated carbocycles. The molecular weight excluding hydrogens is 380 g/mol. The molecule has 5 rings (SSSR count). The van der Waals surface area contributed by atoms with Crippen molar-refractivity contribution in [3.8, 4) is 11.4 Å². The molecule has 3 heterocycles. The smallest absolute Gasteiger partial charge is 0.267 e. The van der Waals surface area contributed by atoms with Crippen LogP contribution in [0.15, 0.2) is 72.0 Å². The molecule has 8 heteroatoms. The van der Waals surface area contributed by atoms with Crippen LogP contribution in [0.1, 0.15) is 18.7 Å². The van der Waals surface area contributed by atoms with E-state index in [0.29, 0.717) is 28.1 Å². The first kappa shape index (κ1) is 17.9. The number of pyridine rings is 1. The van der Waals surface area contributed by atoms with Gasteiger partial charge in [0, 0.05) is 11.4 Å². The Labute approximate surface area is 170 Å². The number of phenols is 1. The largest absolute Gasteiger partial charge is 0.507 e. The number of aromatic amines is 1. The topological polar surface area (TPSA) is 109 Å². The van der Waals surface area contributed by atoms with Gasteiger partial charge >= 0.3 is 0 Å². The van der Waals surface area contributed by atoms with E-state index < -0.39 is 0 Å². The molecule has 3 aromatic heterocycles. The molecular formula is C22H18N6O2. The highest BCUT2D eigenvalue weighted by Gasteiger charge is 2.19. The average Bonchev–Trinajstić information content (AvgIpc) is 3.24. The van der Waals surface area contributed by atoms with E-state index in [1.54, 1.807) is 17.0 Å². The van der Waals surface area contributed by atoms with Crippen molar-refractivity contribution in [2.45, 2.75) is 13.0 Å². The number of rotatable bonds is 4. The fourth-order valence-electron chi connectivity index (χ4n) is 3.68. The number of fused-ring (bicyclic) bond motifs is 2. The molecule has 0 unspecified atom stereocenters. The van der Waals surface area contributed by atoms with Gasteiger partial charge < -0.3 is 15.4 Å². The maximum absolute atomic E-state index is 13.4. The number of para-hydroxylation sites is 1. The summed E-state index contributed by atoms with van der Waals surface area (Å²) in [7, 11) is 0. The minimum Gasteiger partial charge on any atom is -0.507 e. The van der Waals surface area contributed by atoms with Crippen molar-refractivity contribution < 1.29 is 5.11 Å². The summed E-state index contributed by atoms with van der Waals surface area (Å²) >= 11 is 0. The quantitative estimate of drug-likeness (QED) is 0.427. The van der Waals surface area contributed by atoms with Crippen molar-refractivity contribution in [1.82, 2.24) is 24.5 Å². The van der Waals surface area contributed by atoms with E-state index in [1.165, 1.54) is 12.4 Å². The van der Waals surface area contributed by atoms with Crippen molar-refractivity contribution in [2.24, 2.45) is 0 Å². The standard InChI is InChI=1S/C22H18N6O2/c1-13(27-21-19-20(24-11-23-19)25-12-26-21)16-10-14-6-5-9-17(29)18(14)22(30)28(16)15-7-3-2-4-8-15/h2-13,29H,1H3,(H2,23,24,25,26,27)/t13-/m0/s1. The second-order valence-corrected chi connectivity index (χ2v) is 6.98. The summed E-state index contributed by atoms with van der Waals surface area (Å²) < 4.78 is 1.62. The Morgan fingerprint density at radius 3 is 2.73 bits per heavy atom. The lowest BCUT2D eigenvalue weighted by Gasteiger charge is -2.21. The summed E-state index contributed by atoms with van der Waals surface area (Å²) in [6, 6.07) is 16.1. The first-order chi connectivity index (χ1) is 14.6. The van der Waals surface area contributed by atoms with Crippen molar-refractivity contribution in [2.75, 3.05) is 5.32 Å². The molecule has 0 spiro atoms. The number of benzene rings is 2. The van der Waals surface area contributed by atoms with Gasteiger partial charge in [-0.05, 0) is 36.6 Å². The van der Waals surface area contributed by atoms with E-state index in [2.05, 4.69) is 25.3 Å². The van der Waals surface area contributed by atoms with Crippen molar-refractivity contribution in [3.05, 3.63) is 83.3 Å². The molecule has 1 atom stereocenters. The highest BCUT2D eigenvalue weighted by atomic mass is 16.3. The zero-order chi connectivity index (χ0) is 20.7. The first-order valence-corrected chi connectivity index (χ1v) is 9.47. The van der Waals surface area contributed by atoms with Crippen LogP contribution in [0.2, 0.25) is 0 Å². The van der Waals surface area contributed by atoms with Gasteiger partial charge in [-0.2, -0.15) is 0 Å². The number of hydrogen-bond donors (Lipinski definition) is 3. The van der Waals surface area contributed by atoms with Crippen LogP contribution in [0, 0.1) is 0 Å². The van der Waals surface area contributed by atoms with E-state index in [9.17, 15) is 9.90 Å². The molecule has 0 saturated heterocycles. The zero-order valence-electron chi connectivity index (χ0n) is 16.1. The molecule has 2 aromatic carbocycles. The summed E-state index contributed by atoms with van der Waals surface area (Å²) in [5.74, 6) is 0.553. The lowest BCUT2D eigenvalue weighted by Crippen LogP contribution is -2.25. The summed E-state index contributed by atoms with van der Waals surface area (Å²) in [5, 5.41) is 14.6. The number of aromatic nitrogens is 5. The number of imidazole rings is 1. The maximum Gasteiger partial charge on any atom is 0.267 e. The molecule has 0 aliphatic carbocycles. The van der Waals surface area contributed by atoms with Gasteiger partial charge in [-0.15, -0.1) is 0 Å².